The quantitative estimate of drug-likeness (QED) is 0.646. The average Bonchev–Trinajstić information content (AvgIpc) is 2.29. The number of nitrogens with one attached hydrogen (secondary N) is 2. The van der Waals surface area contributed by atoms with Gasteiger partial charge in [-0.2, -0.15) is 10.2 Å². The minimum Gasteiger partial charge on any atom is -0.315 e. The molecular weight excluding hydrogens is 176 g/mol. The van der Waals surface area contributed by atoms with Crippen LogP contribution in [0.5, 0.6) is 0 Å². The van der Waals surface area contributed by atoms with Gasteiger partial charge in [0.1, 0.15) is 0 Å². The topological polar surface area (TPSA) is 48.8 Å². The van der Waals surface area contributed by atoms with Gasteiger partial charge in [-0.25, -0.2) is 0 Å². The number of rotatable bonds is 2. The van der Waals surface area contributed by atoms with Crippen LogP contribution in [-0.4, -0.2) is 38.3 Å². The van der Waals surface area contributed by atoms with Gasteiger partial charge in [-0.15, -0.1) is 0 Å². The molecule has 0 saturated carbocycles. The molecular formula is C10H20N4. The van der Waals surface area contributed by atoms with Gasteiger partial charge >= 0.3 is 0 Å². The Hall–Kier alpha value is -0.480. The van der Waals surface area contributed by atoms with Crippen molar-refractivity contribution in [1.29, 1.82) is 0 Å². The molecule has 2 fully saturated rings. The van der Waals surface area contributed by atoms with E-state index in [1.807, 2.05) is 0 Å². The molecule has 80 valence electrons. The molecule has 14 heavy (non-hydrogen) atoms. The summed E-state index contributed by atoms with van der Waals surface area (Å²) in [5, 5.41) is 15.6. The smallest absolute Gasteiger partial charge is 0.0833 e. The molecule has 4 heteroatoms. The summed E-state index contributed by atoms with van der Waals surface area (Å²) in [4.78, 5) is 0. The Kier molecular flexibility index (Phi) is 3.89. The highest BCUT2D eigenvalue weighted by molar-refractivity contribution is 4.77. The first-order chi connectivity index (χ1) is 6.95. The molecule has 0 amide bonds. The predicted octanol–water partition coefficient (Wildman–Crippen LogP) is 0.943. The fourth-order valence-electron chi connectivity index (χ4n) is 2.05. The lowest BCUT2D eigenvalue weighted by Gasteiger charge is -2.21. The molecule has 2 aliphatic heterocycles. The van der Waals surface area contributed by atoms with E-state index in [0.29, 0.717) is 12.1 Å². The van der Waals surface area contributed by atoms with E-state index in [-0.39, 0.29) is 0 Å². The fourth-order valence-corrected chi connectivity index (χ4v) is 2.05. The Morgan fingerprint density at radius 1 is 0.786 bits per heavy atom. The normalized spacial score (nSPS) is 34.9. The third kappa shape index (κ3) is 3.03. The summed E-state index contributed by atoms with van der Waals surface area (Å²) in [5.41, 5.74) is 0. The van der Waals surface area contributed by atoms with Gasteiger partial charge in [0.25, 0.3) is 0 Å². The van der Waals surface area contributed by atoms with Gasteiger partial charge in [0, 0.05) is 13.1 Å². The number of piperidine rings is 2. The van der Waals surface area contributed by atoms with Crippen molar-refractivity contribution in [3.63, 3.8) is 0 Å². The maximum Gasteiger partial charge on any atom is 0.0833 e. The highest BCUT2D eigenvalue weighted by Gasteiger charge is 2.14. The van der Waals surface area contributed by atoms with Gasteiger partial charge in [-0.3, -0.25) is 0 Å². The van der Waals surface area contributed by atoms with E-state index in [1.54, 1.807) is 0 Å². The van der Waals surface area contributed by atoms with Crippen molar-refractivity contribution in [2.24, 2.45) is 10.2 Å². The molecule has 2 heterocycles. The monoisotopic (exact) mass is 196 g/mol. The van der Waals surface area contributed by atoms with Gasteiger partial charge in [0.15, 0.2) is 0 Å². The highest BCUT2D eigenvalue weighted by Crippen LogP contribution is 2.10. The zero-order valence-electron chi connectivity index (χ0n) is 8.71. The second kappa shape index (κ2) is 5.41. The Bertz CT molecular complexity index is 161. The van der Waals surface area contributed by atoms with Crippen LogP contribution >= 0.6 is 0 Å². The van der Waals surface area contributed by atoms with Crippen LogP contribution in [0.3, 0.4) is 0 Å². The molecule has 0 radical (unpaired) electrons. The van der Waals surface area contributed by atoms with E-state index in [9.17, 15) is 0 Å². The second-order valence-corrected chi connectivity index (χ2v) is 4.23. The Morgan fingerprint density at radius 2 is 1.29 bits per heavy atom. The van der Waals surface area contributed by atoms with Gasteiger partial charge in [0.2, 0.25) is 0 Å². The van der Waals surface area contributed by atoms with Crippen LogP contribution in [0.2, 0.25) is 0 Å². The highest BCUT2D eigenvalue weighted by atomic mass is 15.2. The second-order valence-electron chi connectivity index (χ2n) is 4.23. The van der Waals surface area contributed by atoms with Crippen LogP contribution in [0.25, 0.3) is 0 Å². The Balaban J connectivity index is 1.73. The molecule has 0 aromatic heterocycles. The van der Waals surface area contributed by atoms with Crippen molar-refractivity contribution < 1.29 is 0 Å². The number of hydrogen-bond donors (Lipinski definition) is 2. The van der Waals surface area contributed by atoms with Crippen molar-refractivity contribution in [1.82, 2.24) is 10.6 Å². The molecule has 0 bridgehead atoms. The van der Waals surface area contributed by atoms with E-state index >= 15 is 0 Å². The molecule has 2 aliphatic rings. The van der Waals surface area contributed by atoms with Crippen LogP contribution in [0, 0.1) is 0 Å². The summed E-state index contributed by atoms with van der Waals surface area (Å²) in [6.07, 6.45) is 4.90. The molecule has 2 rings (SSSR count). The minimum absolute atomic E-state index is 0.436. The van der Waals surface area contributed by atoms with Gasteiger partial charge in [0.05, 0.1) is 12.1 Å². The summed E-state index contributed by atoms with van der Waals surface area (Å²) in [6.45, 7) is 4.33. The molecule has 2 unspecified atom stereocenters. The number of hydrogen-bond acceptors (Lipinski definition) is 4. The summed E-state index contributed by atoms with van der Waals surface area (Å²) < 4.78 is 0. The third-order valence-corrected chi connectivity index (χ3v) is 2.93. The first-order valence-electron chi connectivity index (χ1n) is 5.76. The maximum atomic E-state index is 4.43. The maximum absolute atomic E-state index is 4.43. The molecule has 0 aromatic rings. The molecule has 2 atom stereocenters. The third-order valence-electron chi connectivity index (χ3n) is 2.93. The van der Waals surface area contributed by atoms with E-state index in [0.717, 1.165) is 26.2 Å². The molecule has 0 spiro atoms. The molecule has 2 saturated heterocycles. The molecule has 0 aliphatic carbocycles. The standard InChI is InChI=1S/C10H20N4/c1-3-9(7-11-5-1)13-14-10-4-2-6-12-8-10/h9-12H,1-8H2. The van der Waals surface area contributed by atoms with E-state index < -0.39 is 0 Å². The summed E-state index contributed by atoms with van der Waals surface area (Å²) in [7, 11) is 0. The zero-order chi connectivity index (χ0) is 9.64. The number of azo groups is 1. The Labute approximate surface area is 85.6 Å². The van der Waals surface area contributed by atoms with Crippen LogP contribution < -0.4 is 10.6 Å². The van der Waals surface area contributed by atoms with E-state index in [2.05, 4.69) is 20.9 Å². The van der Waals surface area contributed by atoms with Crippen LogP contribution in [0.4, 0.5) is 0 Å². The molecule has 4 nitrogen and oxygen atoms in total. The predicted molar refractivity (Wildman–Crippen MR) is 56.6 cm³/mol. The van der Waals surface area contributed by atoms with Crippen molar-refractivity contribution in [3.05, 3.63) is 0 Å². The molecule has 2 N–H and O–H groups in total. The first kappa shape index (κ1) is 10.1. The van der Waals surface area contributed by atoms with Crippen LogP contribution in [-0.2, 0) is 0 Å². The lowest BCUT2D eigenvalue weighted by Crippen LogP contribution is -2.34. The summed E-state index contributed by atoms with van der Waals surface area (Å²) >= 11 is 0. The fraction of sp³-hybridized carbons (Fsp3) is 1.00. The lowest BCUT2D eigenvalue weighted by molar-refractivity contribution is 0.408. The lowest BCUT2D eigenvalue weighted by atomic mass is 10.1. The van der Waals surface area contributed by atoms with Crippen molar-refractivity contribution in [3.8, 4) is 0 Å². The summed E-state index contributed by atoms with van der Waals surface area (Å²) in [6, 6.07) is 0.872. The van der Waals surface area contributed by atoms with Gasteiger partial charge < -0.3 is 10.6 Å². The minimum atomic E-state index is 0.436. The van der Waals surface area contributed by atoms with Gasteiger partial charge in [-0.05, 0) is 38.8 Å². The Morgan fingerprint density at radius 3 is 1.64 bits per heavy atom. The van der Waals surface area contributed by atoms with Crippen molar-refractivity contribution in [2.45, 2.75) is 37.8 Å². The van der Waals surface area contributed by atoms with Crippen LogP contribution in [0.15, 0.2) is 10.2 Å². The number of nitrogens with zero attached hydrogens (tertiary/aromatic N) is 2. The van der Waals surface area contributed by atoms with E-state index in [4.69, 9.17) is 0 Å². The average molecular weight is 196 g/mol. The SMILES string of the molecule is C1CNCC(N=NC2CCCNC2)C1. The van der Waals surface area contributed by atoms with Gasteiger partial charge in [-0.1, -0.05) is 0 Å². The zero-order valence-corrected chi connectivity index (χ0v) is 8.71. The van der Waals surface area contributed by atoms with E-state index in [1.165, 1.54) is 25.7 Å². The largest absolute Gasteiger partial charge is 0.315 e. The van der Waals surface area contributed by atoms with Crippen LogP contribution in [0.1, 0.15) is 25.7 Å². The summed E-state index contributed by atoms with van der Waals surface area (Å²) in [5.74, 6) is 0. The molecule has 0 aromatic carbocycles. The van der Waals surface area contributed by atoms with Crippen molar-refractivity contribution in [2.75, 3.05) is 26.2 Å². The first-order valence-corrected chi connectivity index (χ1v) is 5.76. The van der Waals surface area contributed by atoms with Crippen molar-refractivity contribution >= 4 is 0 Å².